The summed E-state index contributed by atoms with van der Waals surface area (Å²) in [7, 11) is 0. The molecule has 0 aliphatic carbocycles. The van der Waals surface area contributed by atoms with Crippen molar-refractivity contribution >= 4 is 17.4 Å². The Morgan fingerprint density at radius 1 is 1.33 bits per heavy atom. The number of Topliss-reactive ketones (excluding diaryl/α,β-unsaturated/α-hetero) is 1. The lowest BCUT2D eigenvalue weighted by molar-refractivity contribution is -0.112. The van der Waals surface area contributed by atoms with Crippen molar-refractivity contribution in [1.82, 2.24) is 0 Å². The largest absolute Gasteiger partial charge is 0.389 e. The third-order valence-electron chi connectivity index (χ3n) is 2.75. The van der Waals surface area contributed by atoms with Gasteiger partial charge in [-0.2, -0.15) is 5.26 Å². The van der Waals surface area contributed by atoms with Gasteiger partial charge in [-0.3, -0.25) is 9.59 Å². The van der Waals surface area contributed by atoms with Crippen LogP contribution in [0.1, 0.15) is 28.4 Å². The zero-order valence-electron chi connectivity index (χ0n) is 9.25. The van der Waals surface area contributed by atoms with Crippen LogP contribution in [0.4, 0.5) is 5.69 Å². The van der Waals surface area contributed by atoms with Crippen molar-refractivity contribution in [1.29, 1.82) is 5.26 Å². The number of fused-ring (bicyclic) bond motifs is 1. The van der Waals surface area contributed by atoms with Crippen LogP contribution in [0.25, 0.3) is 0 Å². The molecule has 92 valence electrons. The van der Waals surface area contributed by atoms with Gasteiger partial charge in [0.2, 0.25) is 0 Å². The number of aliphatic hydroxyl groups excluding tert-OH is 2. The van der Waals surface area contributed by atoms with Gasteiger partial charge in [0.05, 0.1) is 29.8 Å². The maximum absolute atomic E-state index is 11.3. The molecule has 0 spiro atoms. The quantitative estimate of drug-likeness (QED) is 0.656. The van der Waals surface area contributed by atoms with E-state index >= 15 is 0 Å². The van der Waals surface area contributed by atoms with Crippen molar-refractivity contribution in [3.8, 4) is 6.07 Å². The van der Waals surface area contributed by atoms with Gasteiger partial charge in [0, 0.05) is 0 Å². The van der Waals surface area contributed by atoms with Crippen molar-refractivity contribution in [2.24, 2.45) is 0 Å². The van der Waals surface area contributed by atoms with E-state index in [0.717, 1.165) is 0 Å². The molecule has 1 aromatic rings. The summed E-state index contributed by atoms with van der Waals surface area (Å²) in [6, 6.07) is 6.03. The number of benzene rings is 1. The Morgan fingerprint density at radius 3 is 2.72 bits per heavy atom. The molecule has 2 unspecified atom stereocenters. The molecular weight excluding hydrogens is 236 g/mol. The normalized spacial score (nSPS) is 16.7. The van der Waals surface area contributed by atoms with Crippen LogP contribution in [0, 0.1) is 11.3 Å². The van der Waals surface area contributed by atoms with E-state index in [-0.39, 0.29) is 12.0 Å². The standard InChI is InChI=1S/C12H10N2O4/c13-4-3-9(15)10(16)6-1-2-7-8(5-6)14-12(18)11(7)17/h1-2,5,9-10,15-16H,3H2,(H,14,17,18). The second kappa shape index (κ2) is 4.56. The number of ketones is 1. The molecule has 2 rings (SSSR count). The van der Waals surface area contributed by atoms with Crippen LogP contribution in [-0.4, -0.2) is 28.0 Å². The predicted molar refractivity (Wildman–Crippen MR) is 60.6 cm³/mol. The van der Waals surface area contributed by atoms with Crippen LogP contribution < -0.4 is 5.32 Å². The second-order valence-corrected chi connectivity index (χ2v) is 3.96. The summed E-state index contributed by atoms with van der Waals surface area (Å²) < 4.78 is 0. The van der Waals surface area contributed by atoms with Crippen molar-refractivity contribution in [2.75, 3.05) is 5.32 Å². The Bertz CT molecular complexity index is 562. The fourth-order valence-corrected chi connectivity index (χ4v) is 1.78. The highest BCUT2D eigenvalue weighted by atomic mass is 16.3. The summed E-state index contributed by atoms with van der Waals surface area (Å²) in [4.78, 5) is 22.5. The van der Waals surface area contributed by atoms with Gasteiger partial charge in [-0.1, -0.05) is 6.07 Å². The number of nitrogens with one attached hydrogen (secondary N) is 1. The van der Waals surface area contributed by atoms with Gasteiger partial charge in [-0.15, -0.1) is 0 Å². The highest BCUT2D eigenvalue weighted by molar-refractivity contribution is 6.51. The Hall–Kier alpha value is -2.23. The Kier molecular flexibility index (Phi) is 3.10. The van der Waals surface area contributed by atoms with Crippen LogP contribution in [0.2, 0.25) is 0 Å². The summed E-state index contributed by atoms with van der Waals surface area (Å²) >= 11 is 0. The molecule has 1 amide bonds. The Labute approximate surface area is 102 Å². The second-order valence-electron chi connectivity index (χ2n) is 3.96. The van der Waals surface area contributed by atoms with Crippen molar-refractivity contribution < 1.29 is 19.8 Å². The average molecular weight is 246 g/mol. The first-order valence-corrected chi connectivity index (χ1v) is 5.27. The molecule has 1 heterocycles. The molecule has 0 radical (unpaired) electrons. The first-order chi connectivity index (χ1) is 8.54. The molecule has 1 aliphatic rings. The maximum Gasteiger partial charge on any atom is 0.296 e. The highest BCUT2D eigenvalue weighted by Crippen LogP contribution is 2.28. The lowest BCUT2D eigenvalue weighted by Gasteiger charge is -2.16. The minimum absolute atomic E-state index is 0.205. The Balaban J connectivity index is 2.29. The smallest absolute Gasteiger partial charge is 0.296 e. The number of nitrogens with zero attached hydrogens (tertiary/aromatic N) is 1. The monoisotopic (exact) mass is 246 g/mol. The molecule has 0 bridgehead atoms. The molecule has 0 saturated carbocycles. The average Bonchev–Trinajstić information content (AvgIpc) is 2.64. The Morgan fingerprint density at radius 2 is 2.06 bits per heavy atom. The van der Waals surface area contributed by atoms with Gasteiger partial charge in [-0.25, -0.2) is 0 Å². The number of hydrogen-bond donors (Lipinski definition) is 3. The van der Waals surface area contributed by atoms with Crippen molar-refractivity contribution in [2.45, 2.75) is 18.6 Å². The lowest BCUT2D eigenvalue weighted by atomic mass is 10.00. The summed E-state index contributed by atoms with van der Waals surface area (Å²) in [5.74, 6) is -1.34. The van der Waals surface area contributed by atoms with Gasteiger partial charge in [0.1, 0.15) is 6.10 Å². The van der Waals surface area contributed by atoms with Crippen LogP contribution in [0.5, 0.6) is 0 Å². The first-order valence-electron chi connectivity index (χ1n) is 5.27. The van der Waals surface area contributed by atoms with E-state index in [2.05, 4.69) is 5.32 Å². The summed E-state index contributed by atoms with van der Waals surface area (Å²) in [6.45, 7) is 0. The number of carbonyl (C=O) groups is 2. The van der Waals surface area contributed by atoms with Crippen LogP contribution in [0.3, 0.4) is 0 Å². The van der Waals surface area contributed by atoms with Gasteiger partial charge in [0.15, 0.2) is 0 Å². The molecule has 6 nitrogen and oxygen atoms in total. The third-order valence-corrected chi connectivity index (χ3v) is 2.75. The molecule has 0 aromatic heterocycles. The molecule has 6 heteroatoms. The number of nitriles is 1. The van der Waals surface area contributed by atoms with Crippen LogP contribution in [0.15, 0.2) is 18.2 Å². The maximum atomic E-state index is 11.3. The van der Waals surface area contributed by atoms with Crippen LogP contribution >= 0.6 is 0 Å². The number of carbonyl (C=O) groups excluding carboxylic acids is 2. The van der Waals surface area contributed by atoms with E-state index in [1.807, 2.05) is 0 Å². The fraction of sp³-hybridized carbons (Fsp3) is 0.250. The summed E-state index contributed by atoms with van der Waals surface area (Å²) in [6.07, 6.45) is -2.65. The van der Waals surface area contributed by atoms with E-state index in [1.54, 1.807) is 6.07 Å². The lowest BCUT2D eigenvalue weighted by Crippen LogP contribution is -2.17. The van der Waals surface area contributed by atoms with E-state index in [0.29, 0.717) is 11.3 Å². The van der Waals surface area contributed by atoms with Gasteiger partial charge in [0.25, 0.3) is 11.7 Å². The number of rotatable bonds is 3. The SMILES string of the molecule is N#CCC(O)C(O)c1ccc2c(c1)NC(=O)C2=O. The molecule has 0 fully saturated rings. The van der Waals surface area contributed by atoms with E-state index in [4.69, 9.17) is 5.26 Å². The molecule has 3 N–H and O–H groups in total. The van der Waals surface area contributed by atoms with Crippen molar-refractivity contribution in [3.05, 3.63) is 29.3 Å². The molecule has 1 aliphatic heterocycles. The first kappa shape index (κ1) is 12.2. The zero-order chi connectivity index (χ0) is 13.3. The molecule has 1 aromatic carbocycles. The van der Waals surface area contributed by atoms with Gasteiger partial charge < -0.3 is 15.5 Å². The number of amides is 1. The van der Waals surface area contributed by atoms with Gasteiger partial charge in [-0.05, 0) is 17.7 Å². The van der Waals surface area contributed by atoms with E-state index in [9.17, 15) is 19.8 Å². The van der Waals surface area contributed by atoms with Crippen molar-refractivity contribution in [3.63, 3.8) is 0 Å². The highest BCUT2D eigenvalue weighted by Gasteiger charge is 2.29. The van der Waals surface area contributed by atoms with Crippen LogP contribution in [-0.2, 0) is 4.79 Å². The minimum atomic E-state index is -1.23. The fourth-order valence-electron chi connectivity index (χ4n) is 1.78. The zero-order valence-corrected chi connectivity index (χ0v) is 9.25. The third kappa shape index (κ3) is 1.97. The summed E-state index contributed by atoms with van der Waals surface area (Å²) in [5.41, 5.74) is 0.892. The number of hydrogen-bond acceptors (Lipinski definition) is 5. The molecule has 2 atom stereocenters. The minimum Gasteiger partial charge on any atom is -0.389 e. The van der Waals surface area contributed by atoms with Gasteiger partial charge >= 0.3 is 0 Å². The predicted octanol–water partition coefficient (Wildman–Crippen LogP) is 0.129. The van der Waals surface area contributed by atoms with E-state index in [1.165, 1.54) is 18.2 Å². The molecular formula is C12H10N2O4. The number of anilines is 1. The topological polar surface area (TPSA) is 110 Å². The molecule has 0 saturated heterocycles. The molecule has 18 heavy (non-hydrogen) atoms. The van der Waals surface area contributed by atoms with E-state index < -0.39 is 23.9 Å². The summed E-state index contributed by atoms with van der Waals surface area (Å²) in [5, 5.41) is 30.1. The number of aliphatic hydroxyl groups is 2.